The summed E-state index contributed by atoms with van der Waals surface area (Å²) in [7, 11) is 0. The fourth-order valence-corrected chi connectivity index (χ4v) is 2.23. The number of nitrogens with zero attached hydrogens (tertiary/aromatic N) is 3. The second kappa shape index (κ2) is 6.20. The van der Waals surface area contributed by atoms with Gasteiger partial charge in [0.25, 0.3) is 0 Å². The maximum absolute atomic E-state index is 12.2. The minimum Gasteiger partial charge on any atom is -0.356 e. The number of benzene rings is 1. The van der Waals surface area contributed by atoms with Crippen LogP contribution in [0.25, 0.3) is 11.0 Å². The Balaban J connectivity index is 1.66. The molecule has 0 bridgehead atoms. The van der Waals surface area contributed by atoms with E-state index >= 15 is 0 Å². The largest absolute Gasteiger partial charge is 0.356 e. The molecule has 0 saturated carbocycles. The van der Waals surface area contributed by atoms with Crippen molar-refractivity contribution >= 4 is 16.9 Å². The van der Waals surface area contributed by atoms with Gasteiger partial charge in [-0.1, -0.05) is 36.3 Å². The van der Waals surface area contributed by atoms with Crippen molar-refractivity contribution in [2.45, 2.75) is 39.2 Å². The van der Waals surface area contributed by atoms with Crippen molar-refractivity contribution in [2.75, 3.05) is 0 Å². The van der Waals surface area contributed by atoms with E-state index in [9.17, 15) is 4.79 Å². The lowest BCUT2D eigenvalue weighted by Gasteiger charge is -2.08. The first-order valence-electron chi connectivity index (χ1n) is 7.50. The Morgan fingerprint density at radius 1 is 1.17 bits per heavy atom. The second-order valence-electron chi connectivity index (χ2n) is 5.74. The third-order valence-electron chi connectivity index (χ3n) is 3.50. The standard InChI is InChI=1S/C16H18N4O3/c1-9(2)15-18-16(23-20-15)10(3)17-14(21)8-12-11-6-4-5-7-13(11)22-19-12/h4-7,9-10H,8H2,1-3H3,(H,17,21)/t10-/m0/s1. The molecule has 0 radical (unpaired) electrons. The van der Waals surface area contributed by atoms with Gasteiger partial charge in [-0.2, -0.15) is 4.98 Å². The first-order valence-corrected chi connectivity index (χ1v) is 7.50. The van der Waals surface area contributed by atoms with Gasteiger partial charge in [-0.25, -0.2) is 0 Å². The minimum absolute atomic E-state index is 0.131. The van der Waals surface area contributed by atoms with Gasteiger partial charge in [0.15, 0.2) is 11.4 Å². The van der Waals surface area contributed by atoms with Crippen molar-refractivity contribution in [3.8, 4) is 0 Å². The van der Waals surface area contributed by atoms with Crippen LogP contribution < -0.4 is 5.32 Å². The van der Waals surface area contributed by atoms with Crippen molar-refractivity contribution in [1.29, 1.82) is 0 Å². The number of aromatic nitrogens is 3. The molecule has 0 aliphatic carbocycles. The Morgan fingerprint density at radius 2 is 1.96 bits per heavy atom. The van der Waals surface area contributed by atoms with Gasteiger partial charge in [-0.15, -0.1) is 0 Å². The SMILES string of the molecule is CC(C)c1noc([C@H](C)NC(=O)Cc2noc3ccccc23)n1. The zero-order valence-electron chi connectivity index (χ0n) is 13.2. The van der Waals surface area contributed by atoms with Crippen LogP contribution in [-0.2, 0) is 11.2 Å². The predicted octanol–water partition coefficient (Wildman–Crippen LogP) is 2.75. The summed E-state index contributed by atoms with van der Waals surface area (Å²) in [4.78, 5) is 16.5. The maximum Gasteiger partial charge on any atom is 0.248 e. The van der Waals surface area contributed by atoms with Crippen LogP contribution in [0, 0.1) is 0 Å². The van der Waals surface area contributed by atoms with E-state index in [-0.39, 0.29) is 24.3 Å². The fourth-order valence-electron chi connectivity index (χ4n) is 2.23. The molecule has 2 heterocycles. The summed E-state index contributed by atoms with van der Waals surface area (Å²) in [6.07, 6.45) is 0.131. The smallest absolute Gasteiger partial charge is 0.248 e. The van der Waals surface area contributed by atoms with Crippen molar-refractivity contribution in [3.63, 3.8) is 0 Å². The van der Waals surface area contributed by atoms with Crippen molar-refractivity contribution in [1.82, 2.24) is 20.6 Å². The van der Waals surface area contributed by atoms with Crippen LogP contribution in [-0.4, -0.2) is 21.2 Å². The van der Waals surface area contributed by atoms with Crippen LogP contribution in [0.3, 0.4) is 0 Å². The molecule has 0 aliphatic heterocycles. The summed E-state index contributed by atoms with van der Waals surface area (Å²) in [6, 6.07) is 7.08. The van der Waals surface area contributed by atoms with E-state index in [1.807, 2.05) is 38.1 Å². The van der Waals surface area contributed by atoms with Gasteiger partial charge in [0.2, 0.25) is 11.8 Å². The summed E-state index contributed by atoms with van der Waals surface area (Å²) in [6.45, 7) is 5.76. The highest BCUT2D eigenvalue weighted by molar-refractivity contribution is 5.86. The van der Waals surface area contributed by atoms with Crippen LogP contribution in [0.1, 0.15) is 50.1 Å². The number of rotatable bonds is 5. The first-order chi connectivity index (χ1) is 11.0. The third kappa shape index (κ3) is 3.23. The third-order valence-corrected chi connectivity index (χ3v) is 3.50. The molecule has 1 N–H and O–H groups in total. The highest BCUT2D eigenvalue weighted by Gasteiger charge is 2.19. The predicted molar refractivity (Wildman–Crippen MR) is 82.7 cm³/mol. The summed E-state index contributed by atoms with van der Waals surface area (Å²) in [5, 5.41) is 11.5. The molecule has 0 aliphatic rings. The van der Waals surface area contributed by atoms with E-state index in [4.69, 9.17) is 9.05 Å². The topological polar surface area (TPSA) is 94.1 Å². The molecule has 1 aromatic carbocycles. The van der Waals surface area contributed by atoms with Gasteiger partial charge in [0.05, 0.1) is 6.42 Å². The number of hydrogen-bond donors (Lipinski definition) is 1. The monoisotopic (exact) mass is 314 g/mol. The van der Waals surface area contributed by atoms with Crippen LogP contribution in [0.4, 0.5) is 0 Å². The second-order valence-corrected chi connectivity index (χ2v) is 5.74. The summed E-state index contributed by atoms with van der Waals surface area (Å²) >= 11 is 0. The normalized spacial score (nSPS) is 12.7. The molecule has 1 amide bonds. The van der Waals surface area contributed by atoms with E-state index in [1.54, 1.807) is 6.92 Å². The summed E-state index contributed by atoms with van der Waals surface area (Å²) in [5.74, 6) is 1.02. The van der Waals surface area contributed by atoms with Crippen LogP contribution in [0.2, 0.25) is 0 Å². The maximum atomic E-state index is 12.2. The number of carbonyl (C=O) groups is 1. The quantitative estimate of drug-likeness (QED) is 0.778. The van der Waals surface area contributed by atoms with E-state index < -0.39 is 0 Å². The number of nitrogens with one attached hydrogen (secondary N) is 1. The number of para-hydroxylation sites is 1. The van der Waals surface area contributed by atoms with Crippen LogP contribution in [0.15, 0.2) is 33.3 Å². The van der Waals surface area contributed by atoms with Crippen molar-refractivity contribution < 1.29 is 13.8 Å². The first kappa shape index (κ1) is 15.2. The number of amides is 1. The van der Waals surface area contributed by atoms with Crippen molar-refractivity contribution in [3.05, 3.63) is 41.7 Å². The molecular weight excluding hydrogens is 296 g/mol. The molecule has 1 atom stereocenters. The van der Waals surface area contributed by atoms with E-state index in [0.29, 0.717) is 23.0 Å². The Hall–Kier alpha value is -2.70. The molecule has 0 saturated heterocycles. The lowest BCUT2D eigenvalue weighted by Crippen LogP contribution is -2.28. The number of fused-ring (bicyclic) bond motifs is 1. The lowest BCUT2D eigenvalue weighted by molar-refractivity contribution is -0.121. The molecule has 3 aromatic rings. The Bertz CT molecular complexity index is 821. The molecular formula is C16H18N4O3. The molecule has 23 heavy (non-hydrogen) atoms. The molecule has 7 heteroatoms. The summed E-state index contributed by atoms with van der Waals surface area (Å²) in [5.41, 5.74) is 1.28. The van der Waals surface area contributed by atoms with E-state index in [2.05, 4.69) is 20.6 Å². The average Bonchev–Trinajstić information content (AvgIpc) is 3.15. The van der Waals surface area contributed by atoms with Crippen molar-refractivity contribution in [2.24, 2.45) is 0 Å². The Labute approximate surface area is 133 Å². The van der Waals surface area contributed by atoms with Gasteiger partial charge in [0, 0.05) is 11.3 Å². The Morgan fingerprint density at radius 3 is 2.70 bits per heavy atom. The minimum atomic E-state index is -0.360. The molecule has 0 fully saturated rings. The molecule has 0 spiro atoms. The van der Waals surface area contributed by atoms with Gasteiger partial charge in [-0.05, 0) is 19.1 Å². The zero-order valence-corrected chi connectivity index (χ0v) is 13.2. The highest BCUT2D eigenvalue weighted by Crippen LogP contribution is 2.19. The summed E-state index contributed by atoms with van der Waals surface area (Å²) < 4.78 is 10.4. The molecule has 0 unspecified atom stereocenters. The van der Waals surface area contributed by atoms with Crippen LogP contribution in [0.5, 0.6) is 0 Å². The van der Waals surface area contributed by atoms with Gasteiger partial charge < -0.3 is 14.4 Å². The number of hydrogen-bond acceptors (Lipinski definition) is 6. The Kier molecular flexibility index (Phi) is 4.10. The van der Waals surface area contributed by atoms with E-state index in [0.717, 1.165) is 5.39 Å². The van der Waals surface area contributed by atoms with Crippen LogP contribution >= 0.6 is 0 Å². The van der Waals surface area contributed by atoms with Gasteiger partial charge >= 0.3 is 0 Å². The fraction of sp³-hybridized carbons (Fsp3) is 0.375. The molecule has 7 nitrogen and oxygen atoms in total. The lowest BCUT2D eigenvalue weighted by atomic mass is 10.1. The average molecular weight is 314 g/mol. The molecule has 120 valence electrons. The molecule has 2 aromatic heterocycles. The zero-order chi connectivity index (χ0) is 16.4. The highest BCUT2D eigenvalue weighted by atomic mass is 16.5. The number of carbonyl (C=O) groups excluding carboxylic acids is 1. The van der Waals surface area contributed by atoms with E-state index in [1.165, 1.54) is 0 Å². The molecule has 3 rings (SSSR count). The van der Waals surface area contributed by atoms with Gasteiger partial charge in [0.1, 0.15) is 11.7 Å². The van der Waals surface area contributed by atoms with Gasteiger partial charge in [-0.3, -0.25) is 4.79 Å².